The van der Waals surface area contributed by atoms with Crippen molar-refractivity contribution >= 4 is 17.5 Å². The van der Waals surface area contributed by atoms with E-state index in [1.165, 1.54) is 19.3 Å². The van der Waals surface area contributed by atoms with E-state index in [-0.39, 0.29) is 5.92 Å². The molecule has 3 heteroatoms. The second kappa shape index (κ2) is 4.73. The third-order valence-electron chi connectivity index (χ3n) is 3.81. The number of hydrogen-bond donors (Lipinski definition) is 0. The Balaban J connectivity index is 1.96. The van der Waals surface area contributed by atoms with Crippen molar-refractivity contribution in [1.82, 2.24) is 4.90 Å². The van der Waals surface area contributed by atoms with Crippen LogP contribution in [0, 0.1) is 11.8 Å². The Hall–Kier alpha value is -0.240. The molecule has 0 bridgehead atoms. The van der Waals surface area contributed by atoms with Gasteiger partial charge in [-0.2, -0.15) is 0 Å². The SMILES string of the molecule is CC(C(=O)N1CCCCC1CCl)C1CC1. The number of piperidine rings is 1. The zero-order valence-corrected chi connectivity index (χ0v) is 10.2. The van der Waals surface area contributed by atoms with Crippen molar-refractivity contribution in [2.24, 2.45) is 11.8 Å². The van der Waals surface area contributed by atoms with Crippen LogP contribution in [0.5, 0.6) is 0 Å². The lowest BCUT2D eigenvalue weighted by molar-refractivity contribution is -0.138. The summed E-state index contributed by atoms with van der Waals surface area (Å²) in [6, 6.07) is 0.300. The zero-order chi connectivity index (χ0) is 10.8. The van der Waals surface area contributed by atoms with E-state index in [1.807, 2.05) is 4.90 Å². The Kier molecular flexibility index (Phi) is 3.55. The van der Waals surface area contributed by atoms with E-state index in [1.54, 1.807) is 0 Å². The fourth-order valence-corrected chi connectivity index (χ4v) is 2.83. The maximum atomic E-state index is 12.2. The van der Waals surface area contributed by atoms with Gasteiger partial charge in [-0.15, -0.1) is 11.6 Å². The van der Waals surface area contributed by atoms with Crippen LogP contribution >= 0.6 is 11.6 Å². The van der Waals surface area contributed by atoms with Gasteiger partial charge in [-0.05, 0) is 38.0 Å². The lowest BCUT2D eigenvalue weighted by atomic mass is 9.98. The molecule has 1 saturated carbocycles. The maximum Gasteiger partial charge on any atom is 0.225 e. The first-order chi connectivity index (χ1) is 7.24. The van der Waals surface area contributed by atoms with Crippen LogP contribution in [0.1, 0.15) is 39.0 Å². The number of carbonyl (C=O) groups is 1. The summed E-state index contributed by atoms with van der Waals surface area (Å²) in [5.74, 6) is 1.84. The van der Waals surface area contributed by atoms with E-state index in [4.69, 9.17) is 11.6 Å². The molecule has 2 fully saturated rings. The molecule has 0 N–H and O–H groups in total. The molecular weight excluding hydrogens is 210 g/mol. The quantitative estimate of drug-likeness (QED) is 0.682. The van der Waals surface area contributed by atoms with Crippen LogP contribution in [0.25, 0.3) is 0 Å². The highest BCUT2D eigenvalue weighted by Gasteiger charge is 2.37. The summed E-state index contributed by atoms with van der Waals surface area (Å²) < 4.78 is 0. The summed E-state index contributed by atoms with van der Waals surface area (Å²) in [6.45, 7) is 3.01. The van der Waals surface area contributed by atoms with Gasteiger partial charge in [-0.3, -0.25) is 4.79 Å². The molecule has 2 atom stereocenters. The molecule has 15 heavy (non-hydrogen) atoms. The van der Waals surface area contributed by atoms with Gasteiger partial charge in [0.25, 0.3) is 0 Å². The molecule has 2 aliphatic rings. The molecule has 0 aromatic carbocycles. The van der Waals surface area contributed by atoms with Crippen LogP contribution in [-0.4, -0.2) is 29.3 Å². The second-order valence-electron chi connectivity index (χ2n) is 4.96. The number of nitrogens with zero attached hydrogens (tertiary/aromatic N) is 1. The zero-order valence-electron chi connectivity index (χ0n) is 9.42. The number of amides is 1. The fourth-order valence-electron chi connectivity index (χ4n) is 2.51. The molecule has 1 aliphatic heterocycles. The van der Waals surface area contributed by atoms with Gasteiger partial charge in [0.2, 0.25) is 5.91 Å². The monoisotopic (exact) mass is 229 g/mol. The van der Waals surface area contributed by atoms with Gasteiger partial charge < -0.3 is 4.90 Å². The second-order valence-corrected chi connectivity index (χ2v) is 5.27. The van der Waals surface area contributed by atoms with Crippen LogP contribution in [-0.2, 0) is 4.79 Å². The third-order valence-corrected chi connectivity index (χ3v) is 4.16. The predicted molar refractivity (Wildman–Crippen MR) is 62.0 cm³/mol. The molecule has 0 aromatic rings. The predicted octanol–water partition coefficient (Wildman–Crippen LogP) is 2.65. The summed E-state index contributed by atoms with van der Waals surface area (Å²) in [5.41, 5.74) is 0. The summed E-state index contributed by atoms with van der Waals surface area (Å²) in [4.78, 5) is 14.3. The molecule has 1 heterocycles. The summed E-state index contributed by atoms with van der Waals surface area (Å²) in [5, 5.41) is 0. The van der Waals surface area contributed by atoms with Crippen LogP contribution in [0.2, 0.25) is 0 Å². The molecule has 2 nitrogen and oxygen atoms in total. The molecule has 86 valence electrons. The van der Waals surface area contributed by atoms with Crippen molar-refractivity contribution in [3.8, 4) is 0 Å². The van der Waals surface area contributed by atoms with Gasteiger partial charge in [-0.1, -0.05) is 6.92 Å². The number of carbonyl (C=O) groups excluding carboxylic acids is 1. The molecule has 0 aromatic heterocycles. The smallest absolute Gasteiger partial charge is 0.225 e. The van der Waals surface area contributed by atoms with Gasteiger partial charge in [0.1, 0.15) is 0 Å². The number of rotatable bonds is 3. The van der Waals surface area contributed by atoms with Crippen LogP contribution in [0.4, 0.5) is 0 Å². The van der Waals surface area contributed by atoms with Gasteiger partial charge in [0.05, 0.1) is 0 Å². The minimum absolute atomic E-state index is 0.230. The van der Waals surface area contributed by atoms with Gasteiger partial charge in [-0.25, -0.2) is 0 Å². The van der Waals surface area contributed by atoms with Crippen LogP contribution in [0.15, 0.2) is 0 Å². The summed E-state index contributed by atoms with van der Waals surface area (Å²) >= 11 is 5.93. The number of likely N-dealkylation sites (tertiary alicyclic amines) is 1. The standard InChI is InChI=1S/C12H20ClNO/c1-9(10-5-6-10)12(15)14-7-3-2-4-11(14)8-13/h9-11H,2-8H2,1H3. The highest BCUT2D eigenvalue weighted by atomic mass is 35.5. The van der Waals surface area contributed by atoms with E-state index < -0.39 is 0 Å². The average Bonchev–Trinajstić information content (AvgIpc) is 3.11. The lowest BCUT2D eigenvalue weighted by Crippen LogP contribution is -2.47. The van der Waals surface area contributed by atoms with E-state index in [2.05, 4.69) is 6.92 Å². The van der Waals surface area contributed by atoms with E-state index in [0.29, 0.717) is 23.7 Å². The lowest BCUT2D eigenvalue weighted by Gasteiger charge is -2.36. The Morgan fingerprint density at radius 3 is 2.73 bits per heavy atom. The first-order valence-electron chi connectivity index (χ1n) is 6.10. The van der Waals surface area contributed by atoms with E-state index in [9.17, 15) is 4.79 Å². The summed E-state index contributed by atoms with van der Waals surface area (Å²) in [7, 11) is 0. The van der Waals surface area contributed by atoms with Crippen molar-refractivity contribution in [1.29, 1.82) is 0 Å². The van der Waals surface area contributed by atoms with Crippen LogP contribution < -0.4 is 0 Å². The minimum Gasteiger partial charge on any atom is -0.338 e. The molecule has 0 spiro atoms. The number of hydrogen-bond acceptors (Lipinski definition) is 1. The van der Waals surface area contributed by atoms with Gasteiger partial charge >= 0.3 is 0 Å². The molecule has 0 radical (unpaired) electrons. The average molecular weight is 230 g/mol. The normalized spacial score (nSPS) is 28.9. The van der Waals surface area contributed by atoms with Gasteiger partial charge in [0.15, 0.2) is 0 Å². The van der Waals surface area contributed by atoms with Crippen molar-refractivity contribution in [3.63, 3.8) is 0 Å². The highest BCUT2D eigenvalue weighted by molar-refractivity contribution is 6.18. The van der Waals surface area contributed by atoms with Crippen LogP contribution in [0.3, 0.4) is 0 Å². The van der Waals surface area contributed by atoms with Crippen molar-refractivity contribution in [2.45, 2.75) is 45.1 Å². The Morgan fingerprint density at radius 2 is 2.13 bits per heavy atom. The largest absolute Gasteiger partial charge is 0.338 e. The summed E-state index contributed by atoms with van der Waals surface area (Å²) in [6.07, 6.45) is 5.95. The molecule has 2 rings (SSSR count). The highest BCUT2D eigenvalue weighted by Crippen LogP contribution is 2.38. The minimum atomic E-state index is 0.230. The number of halogens is 1. The topological polar surface area (TPSA) is 20.3 Å². The van der Waals surface area contributed by atoms with Crippen molar-refractivity contribution in [2.75, 3.05) is 12.4 Å². The van der Waals surface area contributed by atoms with Crippen molar-refractivity contribution in [3.05, 3.63) is 0 Å². The molecule has 2 unspecified atom stereocenters. The third kappa shape index (κ3) is 2.47. The van der Waals surface area contributed by atoms with Gasteiger partial charge in [0, 0.05) is 24.4 Å². The first kappa shape index (κ1) is 11.3. The van der Waals surface area contributed by atoms with Crippen molar-refractivity contribution < 1.29 is 4.79 Å². The fraction of sp³-hybridized carbons (Fsp3) is 0.917. The maximum absolute atomic E-state index is 12.2. The Labute approximate surface area is 97.0 Å². The molecule has 1 amide bonds. The molecular formula is C12H20ClNO. The Morgan fingerprint density at radius 1 is 1.40 bits per heavy atom. The first-order valence-corrected chi connectivity index (χ1v) is 6.64. The number of alkyl halides is 1. The molecule has 1 saturated heterocycles. The molecule has 1 aliphatic carbocycles. The Bertz CT molecular complexity index is 240. The van der Waals surface area contributed by atoms with E-state index >= 15 is 0 Å². The van der Waals surface area contributed by atoms with E-state index in [0.717, 1.165) is 19.4 Å².